The molecule has 1 aromatic carbocycles. The number of hydrogen-bond donors (Lipinski definition) is 1. The van der Waals surface area contributed by atoms with Gasteiger partial charge >= 0.3 is 0 Å². The predicted molar refractivity (Wildman–Crippen MR) is 107 cm³/mol. The molecule has 1 aromatic heterocycles. The van der Waals surface area contributed by atoms with Crippen molar-refractivity contribution >= 4 is 17.7 Å². The number of pyridine rings is 1. The van der Waals surface area contributed by atoms with Gasteiger partial charge in [-0.15, -0.1) is 0 Å². The van der Waals surface area contributed by atoms with Crippen LogP contribution < -0.4 is 5.32 Å². The third-order valence-corrected chi connectivity index (χ3v) is 5.92. The SMILES string of the molecule is O=C(CCN1C(=O)C2CCCCC2C1=O)NC(c1ccccc1)c1ccccn1. The number of carbonyl (C=O) groups excluding carboxylic acids is 3. The maximum absolute atomic E-state index is 12.7. The first-order valence-corrected chi connectivity index (χ1v) is 10.3. The standard InChI is InChI=1S/C23H25N3O3/c27-20(13-15-26-22(28)17-10-4-5-11-18(17)23(26)29)25-21(16-8-2-1-3-9-16)19-12-6-7-14-24-19/h1-3,6-9,12,14,17-18,21H,4-5,10-11,13,15H2,(H,25,27). The Morgan fingerprint density at radius 2 is 1.66 bits per heavy atom. The van der Waals surface area contributed by atoms with Crippen molar-refractivity contribution in [3.05, 3.63) is 66.0 Å². The Morgan fingerprint density at radius 1 is 1.00 bits per heavy atom. The average Bonchev–Trinajstić information content (AvgIpc) is 3.02. The zero-order valence-corrected chi connectivity index (χ0v) is 16.3. The summed E-state index contributed by atoms with van der Waals surface area (Å²) in [6.07, 6.45) is 5.35. The second-order valence-corrected chi connectivity index (χ2v) is 7.74. The van der Waals surface area contributed by atoms with Gasteiger partial charge in [0.1, 0.15) is 0 Å². The summed E-state index contributed by atoms with van der Waals surface area (Å²) in [5.41, 5.74) is 1.67. The third kappa shape index (κ3) is 4.06. The average molecular weight is 391 g/mol. The van der Waals surface area contributed by atoms with Crippen LogP contribution in [-0.4, -0.2) is 34.2 Å². The number of rotatable bonds is 6. The number of likely N-dealkylation sites (tertiary alicyclic amines) is 1. The summed E-state index contributed by atoms with van der Waals surface area (Å²) in [5, 5.41) is 3.02. The van der Waals surface area contributed by atoms with Crippen molar-refractivity contribution in [2.24, 2.45) is 11.8 Å². The van der Waals surface area contributed by atoms with Gasteiger partial charge in [-0.3, -0.25) is 24.3 Å². The zero-order valence-electron chi connectivity index (χ0n) is 16.3. The molecule has 0 bridgehead atoms. The van der Waals surface area contributed by atoms with Crippen LogP contribution in [0.5, 0.6) is 0 Å². The Labute approximate surface area is 170 Å². The largest absolute Gasteiger partial charge is 0.344 e. The minimum atomic E-state index is -0.377. The maximum atomic E-state index is 12.7. The van der Waals surface area contributed by atoms with Crippen LogP contribution in [0.1, 0.15) is 49.4 Å². The number of hydrogen-bond acceptors (Lipinski definition) is 4. The van der Waals surface area contributed by atoms with Crippen molar-refractivity contribution < 1.29 is 14.4 Å². The van der Waals surface area contributed by atoms with Crippen LogP contribution in [0.3, 0.4) is 0 Å². The van der Waals surface area contributed by atoms with Gasteiger partial charge in [0.2, 0.25) is 17.7 Å². The fraction of sp³-hybridized carbons (Fsp3) is 0.391. The van der Waals surface area contributed by atoms with Crippen LogP contribution in [0.15, 0.2) is 54.7 Å². The van der Waals surface area contributed by atoms with E-state index in [0.29, 0.717) is 0 Å². The topological polar surface area (TPSA) is 79.4 Å². The van der Waals surface area contributed by atoms with Crippen molar-refractivity contribution in [3.63, 3.8) is 0 Å². The Morgan fingerprint density at radius 3 is 2.28 bits per heavy atom. The summed E-state index contributed by atoms with van der Waals surface area (Å²) in [5.74, 6) is -0.761. The van der Waals surface area contributed by atoms with Gasteiger partial charge in [-0.05, 0) is 30.5 Å². The maximum Gasteiger partial charge on any atom is 0.233 e. The first kappa shape index (κ1) is 19.3. The number of nitrogens with zero attached hydrogens (tertiary/aromatic N) is 2. The van der Waals surface area contributed by atoms with E-state index < -0.39 is 0 Å². The quantitative estimate of drug-likeness (QED) is 0.768. The molecule has 3 unspecified atom stereocenters. The molecule has 6 heteroatoms. The summed E-state index contributed by atoms with van der Waals surface area (Å²) in [7, 11) is 0. The van der Waals surface area contributed by atoms with Crippen LogP contribution in [0.4, 0.5) is 0 Å². The number of imide groups is 1. The number of aromatic nitrogens is 1. The highest BCUT2D eigenvalue weighted by atomic mass is 16.2. The second kappa shape index (κ2) is 8.55. The lowest BCUT2D eigenvalue weighted by Crippen LogP contribution is -2.36. The number of carbonyl (C=O) groups is 3. The van der Waals surface area contributed by atoms with E-state index in [1.807, 2.05) is 48.5 Å². The summed E-state index contributed by atoms with van der Waals surface area (Å²) < 4.78 is 0. The van der Waals surface area contributed by atoms with Gasteiger partial charge in [0.15, 0.2) is 0 Å². The minimum Gasteiger partial charge on any atom is -0.344 e. The number of benzene rings is 1. The van der Waals surface area contributed by atoms with Crippen LogP contribution in [0.2, 0.25) is 0 Å². The van der Waals surface area contributed by atoms with Gasteiger partial charge in [0, 0.05) is 19.2 Å². The van der Waals surface area contributed by atoms with Gasteiger partial charge in [-0.2, -0.15) is 0 Å². The Bertz CT molecular complexity index is 821. The van der Waals surface area contributed by atoms with E-state index in [2.05, 4.69) is 10.3 Å². The lowest BCUT2D eigenvalue weighted by atomic mass is 9.81. The summed E-state index contributed by atoms with van der Waals surface area (Å²) in [6, 6.07) is 14.8. The molecular weight excluding hydrogens is 366 g/mol. The summed E-state index contributed by atoms with van der Waals surface area (Å²) in [6.45, 7) is 0.139. The van der Waals surface area contributed by atoms with Gasteiger partial charge in [0.25, 0.3) is 0 Å². The van der Waals surface area contributed by atoms with E-state index in [-0.39, 0.29) is 48.6 Å². The first-order chi connectivity index (χ1) is 14.1. The molecule has 2 heterocycles. The zero-order chi connectivity index (χ0) is 20.2. The number of amides is 3. The smallest absolute Gasteiger partial charge is 0.233 e. The fourth-order valence-corrected chi connectivity index (χ4v) is 4.42. The molecule has 1 saturated carbocycles. The third-order valence-electron chi connectivity index (χ3n) is 5.92. The highest BCUT2D eigenvalue weighted by Gasteiger charge is 2.47. The summed E-state index contributed by atoms with van der Waals surface area (Å²) in [4.78, 5) is 43.6. The van der Waals surface area contributed by atoms with E-state index in [0.717, 1.165) is 36.9 Å². The van der Waals surface area contributed by atoms with Gasteiger partial charge < -0.3 is 5.32 Å². The molecule has 6 nitrogen and oxygen atoms in total. The molecular formula is C23H25N3O3. The Balaban J connectivity index is 1.42. The minimum absolute atomic E-state index is 0.0904. The van der Waals surface area contributed by atoms with Crippen LogP contribution in [0, 0.1) is 11.8 Å². The molecule has 3 atom stereocenters. The molecule has 1 N–H and O–H groups in total. The predicted octanol–water partition coefficient (Wildman–Crippen LogP) is 2.85. The molecule has 2 fully saturated rings. The molecule has 4 rings (SSSR count). The molecule has 2 aromatic rings. The first-order valence-electron chi connectivity index (χ1n) is 10.3. The molecule has 0 radical (unpaired) electrons. The van der Waals surface area contributed by atoms with Crippen LogP contribution in [-0.2, 0) is 14.4 Å². The highest BCUT2D eigenvalue weighted by Crippen LogP contribution is 2.38. The van der Waals surface area contributed by atoms with Gasteiger partial charge in [0.05, 0.1) is 23.6 Å². The van der Waals surface area contributed by atoms with Crippen molar-refractivity contribution in [3.8, 4) is 0 Å². The monoisotopic (exact) mass is 391 g/mol. The molecule has 0 spiro atoms. The van der Waals surface area contributed by atoms with E-state index in [4.69, 9.17) is 0 Å². The molecule has 1 aliphatic heterocycles. The van der Waals surface area contributed by atoms with Crippen molar-refractivity contribution in [1.82, 2.24) is 15.2 Å². The van der Waals surface area contributed by atoms with E-state index in [1.54, 1.807) is 6.20 Å². The molecule has 1 aliphatic carbocycles. The highest BCUT2D eigenvalue weighted by molar-refractivity contribution is 6.05. The van der Waals surface area contributed by atoms with Crippen molar-refractivity contribution in [2.75, 3.05) is 6.54 Å². The lowest BCUT2D eigenvalue weighted by Gasteiger charge is -2.20. The van der Waals surface area contributed by atoms with E-state index in [1.165, 1.54) is 4.90 Å². The molecule has 3 amide bonds. The van der Waals surface area contributed by atoms with Crippen LogP contribution >= 0.6 is 0 Å². The Kier molecular flexibility index (Phi) is 5.69. The van der Waals surface area contributed by atoms with Crippen LogP contribution in [0.25, 0.3) is 0 Å². The van der Waals surface area contributed by atoms with Crippen molar-refractivity contribution in [2.45, 2.75) is 38.1 Å². The number of fused-ring (bicyclic) bond motifs is 1. The van der Waals surface area contributed by atoms with Gasteiger partial charge in [-0.25, -0.2) is 0 Å². The van der Waals surface area contributed by atoms with E-state index in [9.17, 15) is 14.4 Å². The van der Waals surface area contributed by atoms with E-state index >= 15 is 0 Å². The molecule has 1 saturated heterocycles. The molecule has 29 heavy (non-hydrogen) atoms. The van der Waals surface area contributed by atoms with Crippen molar-refractivity contribution in [1.29, 1.82) is 0 Å². The van der Waals surface area contributed by atoms with Gasteiger partial charge in [-0.1, -0.05) is 49.2 Å². The Hall–Kier alpha value is -3.02. The number of nitrogens with one attached hydrogen (secondary N) is 1. The normalized spacial score (nSPS) is 22.3. The lowest BCUT2D eigenvalue weighted by molar-refractivity contribution is -0.140. The second-order valence-electron chi connectivity index (χ2n) is 7.74. The molecule has 2 aliphatic rings. The fourth-order valence-electron chi connectivity index (χ4n) is 4.42. The molecule has 150 valence electrons. The summed E-state index contributed by atoms with van der Waals surface area (Å²) >= 11 is 0.